The van der Waals surface area contributed by atoms with Crippen LogP contribution in [-0.2, 0) is 17.6 Å². The van der Waals surface area contributed by atoms with Crippen molar-refractivity contribution in [2.24, 2.45) is 0 Å². The van der Waals surface area contributed by atoms with Gasteiger partial charge in [-0.2, -0.15) is 0 Å². The predicted octanol–water partition coefficient (Wildman–Crippen LogP) is 3.38. The lowest BCUT2D eigenvalue weighted by Crippen LogP contribution is -2.15. The number of rotatable bonds is 1. The summed E-state index contributed by atoms with van der Waals surface area (Å²) in [6.07, 6.45) is 6.37. The smallest absolute Gasteiger partial charge is 0.0471 e. The summed E-state index contributed by atoms with van der Waals surface area (Å²) in [6, 6.07) is 4.76. The van der Waals surface area contributed by atoms with Gasteiger partial charge in [-0.1, -0.05) is 12.1 Å². The van der Waals surface area contributed by atoms with Gasteiger partial charge in [0, 0.05) is 13.2 Å². The van der Waals surface area contributed by atoms with Crippen molar-refractivity contribution in [1.29, 1.82) is 0 Å². The van der Waals surface area contributed by atoms with Crippen molar-refractivity contribution < 1.29 is 4.74 Å². The largest absolute Gasteiger partial charge is 0.381 e. The number of aryl methyl sites for hydroxylation is 1. The van der Waals surface area contributed by atoms with E-state index >= 15 is 0 Å². The Morgan fingerprint density at radius 1 is 1.12 bits per heavy atom. The highest BCUT2D eigenvalue weighted by Gasteiger charge is 2.21. The number of benzene rings is 1. The molecular formula is C15H20O. The Labute approximate surface area is 97.8 Å². The van der Waals surface area contributed by atoms with E-state index in [9.17, 15) is 0 Å². The summed E-state index contributed by atoms with van der Waals surface area (Å²) in [7, 11) is 0. The minimum absolute atomic E-state index is 0.750. The Kier molecular flexibility index (Phi) is 2.72. The summed E-state index contributed by atoms with van der Waals surface area (Å²) < 4.78 is 5.45. The van der Waals surface area contributed by atoms with Crippen LogP contribution in [0.4, 0.5) is 0 Å². The van der Waals surface area contributed by atoms with Crippen LogP contribution in [0.5, 0.6) is 0 Å². The minimum Gasteiger partial charge on any atom is -0.381 e. The van der Waals surface area contributed by atoms with Crippen LogP contribution >= 0.6 is 0 Å². The number of hydrogen-bond donors (Lipinski definition) is 0. The molecule has 0 saturated carbocycles. The van der Waals surface area contributed by atoms with E-state index in [2.05, 4.69) is 19.1 Å². The van der Waals surface area contributed by atoms with Crippen molar-refractivity contribution in [1.82, 2.24) is 0 Å². The molecule has 0 spiro atoms. The van der Waals surface area contributed by atoms with Crippen molar-refractivity contribution >= 4 is 0 Å². The van der Waals surface area contributed by atoms with Gasteiger partial charge in [-0.3, -0.25) is 0 Å². The third-order valence-electron chi connectivity index (χ3n) is 4.27. The predicted molar refractivity (Wildman–Crippen MR) is 66.0 cm³/mol. The number of fused-ring (bicyclic) bond motifs is 1. The van der Waals surface area contributed by atoms with Crippen LogP contribution in [0.15, 0.2) is 12.1 Å². The lowest BCUT2D eigenvalue weighted by Gasteiger charge is -2.25. The zero-order valence-corrected chi connectivity index (χ0v) is 10.1. The molecule has 0 atom stereocenters. The molecule has 1 heterocycles. The van der Waals surface area contributed by atoms with Gasteiger partial charge in [0.2, 0.25) is 0 Å². The molecule has 16 heavy (non-hydrogen) atoms. The maximum Gasteiger partial charge on any atom is 0.0471 e. The number of ether oxygens (including phenoxy) is 1. The van der Waals surface area contributed by atoms with Gasteiger partial charge in [0.15, 0.2) is 0 Å². The first-order valence-electron chi connectivity index (χ1n) is 6.55. The first-order chi connectivity index (χ1) is 7.86. The average Bonchev–Trinajstić information content (AvgIpc) is 2.80. The fourth-order valence-electron chi connectivity index (χ4n) is 3.32. The first-order valence-corrected chi connectivity index (χ1v) is 6.55. The van der Waals surface area contributed by atoms with Crippen LogP contribution in [0.25, 0.3) is 0 Å². The van der Waals surface area contributed by atoms with E-state index in [1.165, 1.54) is 32.1 Å². The Balaban J connectivity index is 1.95. The molecule has 3 rings (SSSR count). The highest BCUT2D eigenvalue weighted by Crippen LogP contribution is 2.34. The van der Waals surface area contributed by atoms with Crippen molar-refractivity contribution in [3.63, 3.8) is 0 Å². The van der Waals surface area contributed by atoms with Crippen LogP contribution in [0, 0.1) is 6.92 Å². The monoisotopic (exact) mass is 216 g/mol. The van der Waals surface area contributed by atoms with E-state index in [4.69, 9.17) is 4.74 Å². The quantitative estimate of drug-likeness (QED) is 0.699. The third kappa shape index (κ3) is 1.67. The molecule has 0 aromatic heterocycles. The summed E-state index contributed by atoms with van der Waals surface area (Å²) >= 11 is 0. The zero-order valence-electron chi connectivity index (χ0n) is 10.1. The molecule has 1 aliphatic carbocycles. The van der Waals surface area contributed by atoms with Gasteiger partial charge in [-0.25, -0.2) is 0 Å². The van der Waals surface area contributed by atoms with Crippen molar-refractivity contribution in [3.05, 3.63) is 34.4 Å². The molecule has 1 aromatic carbocycles. The van der Waals surface area contributed by atoms with Crippen molar-refractivity contribution in [2.75, 3.05) is 13.2 Å². The number of hydrogen-bond acceptors (Lipinski definition) is 1. The summed E-state index contributed by atoms with van der Waals surface area (Å²) in [6.45, 7) is 4.22. The molecule has 1 aliphatic heterocycles. The molecule has 1 aromatic rings. The van der Waals surface area contributed by atoms with Gasteiger partial charge < -0.3 is 4.74 Å². The van der Waals surface area contributed by atoms with Crippen LogP contribution in [0.3, 0.4) is 0 Å². The second-order valence-electron chi connectivity index (χ2n) is 5.16. The van der Waals surface area contributed by atoms with E-state index in [0.29, 0.717) is 0 Å². The van der Waals surface area contributed by atoms with Crippen LogP contribution < -0.4 is 0 Å². The molecule has 86 valence electrons. The highest BCUT2D eigenvalue weighted by molar-refractivity contribution is 5.44. The molecule has 0 amide bonds. The fraction of sp³-hybridized carbons (Fsp3) is 0.600. The van der Waals surface area contributed by atoms with Crippen LogP contribution in [0.1, 0.15) is 47.4 Å². The van der Waals surface area contributed by atoms with Gasteiger partial charge in [0.25, 0.3) is 0 Å². The lowest BCUT2D eigenvalue weighted by atomic mass is 9.86. The maximum absolute atomic E-state index is 5.45. The van der Waals surface area contributed by atoms with E-state index < -0.39 is 0 Å². The Morgan fingerprint density at radius 2 is 1.94 bits per heavy atom. The second-order valence-corrected chi connectivity index (χ2v) is 5.16. The SMILES string of the molecule is Cc1c(C2CCOCC2)ccc2c1CCC2. The van der Waals surface area contributed by atoms with Gasteiger partial charge in [-0.15, -0.1) is 0 Å². The summed E-state index contributed by atoms with van der Waals surface area (Å²) in [5, 5.41) is 0. The van der Waals surface area contributed by atoms with Gasteiger partial charge in [0.05, 0.1) is 0 Å². The van der Waals surface area contributed by atoms with E-state index in [1.807, 2.05) is 0 Å². The molecule has 1 fully saturated rings. The molecule has 1 saturated heterocycles. The molecule has 0 bridgehead atoms. The molecule has 2 aliphatic rings. The van der Waals surface area contributed by atoms with E-state index in [1.54, 1.807) is 22.3 Å². The van der Waals surface area contributed by atoms with Gasteiger partial charge >= 0.3 is 0 Å². The third-order valence-corrected chi connectivity index (χ3v) is 4.27. The second kappa shape index (κ2) is 4.21. The zero-order chi connectivity index (χ0) is 11.0. The normalized spacial score (nSPS) is 21.1. The molecular weight excluding hydrogens is 196 g/mol. The van der Waals surface area contributed by atoms with Crippen LogP contribution in [0.2, 0.25) is 0 Å². The van der Waals surface area contributed by atoms with Crippen molar-refractivity contribution in [3.8, 4) is 0 Å². The van der Waals surface area contributed by atoms with Crippen molar-refractivity contribution in [2.45, 2.75) is 44.9 Å². The molecule has 0 unspecified atom stereocenters. The average molecular weight is 216 g/mol. The minimum atomic E-state index is 0.750. The van der Waals surface area contributed by atoms with E-state index in [0.717, 1.165) is 19.1 Å². The molecule has 1 heteroatoms. The maximum atomic E-state index is 5.45. The molecule has 0 radical (unpaired) electrons. The topological polar surface area (TPSA) is 9.23 Å². The summed E-state index contributed by atoms with van der Waals surface area (Å²) in [4.78, 5) is 0. The van der Waals surface area contributed by atoms with Gasteiger partial charge in [-0.05, 0) is 67.2 Å². The highest BCUT2D eigenvalue weighted by atomic mass is 16.5. The standard InChI is InChI=1S/C15H20O/c1-11-14-4-2-3-12(14)5-6-15(11)13-7-9-16-10-8-13/h5-6,13H,2-4,7-10H2,1H3. The molecule has 1 nitrogen and oxygen atoms in total. The lowest BCUT2D eigenvalue weighted by molar-refractivity contribution is 0.0852. The Morgan fingerprint density at radius 3 is 2.75 bits per heavy atom. The Bertz CT molecular complexity index is 389. The Hall–Kier alpha value is -0.820. The van der Waals surface area contributed by atoms with E-state index in [-0.39, 0.29) is 0 Å². The van der Waals surface area contributed by atoms with Gasteiger partial charge in [0.1, 0.15) is 0 Å². The van der Waals surface area contributed by atoms with Crippen LogP contribution in [-0.4, -0.2) is 13.2 Å². The summed E-state index contributed by atoms with van der Waals surface area (Å²) in [5.41, 5.74) is 6.45. The first kappa shape index (κ1) is 10.3. The summed E-state index contributed by atoms with van der Waals surface area (Å²) in [5.74, 6) is 0.750. The molecule has 0 N–H and O–H groups in total. The fourth-order valence-corrected chi connectivity index (χ4v) is 3.32.